The maximum atomic E-state index is 14.3. The van der Waals surface area contributed by atoms with Gasteiger partial charge in [0.25, 0.3) is 15.9 Å². The Hall–Kier alpha value is -3.94. The number of nitrogens with zero attached hydrogens (tertiary/aromatic N) is 4. The van der Waals surface area contributed by atoms with Gasteiger partial charge in [-0.15, -0.1) is 0 Å². The maximum Gasteiger partial charge on any atom is 0.280 e. The van der Waals surface area contributed by atoms with Crippen LogP contribution in [0.2, 0.25) is 0 Å². The van der Waals surface area contributed by atoms with E-state index in [1.165, 1.54) is 23.2 Å². The van der Waals surface area contributed by atoms with Crippen molar-refractivity contribution in [1.29, 1.82) is 0 Å². The van der Waals surface area contributed by atoms with Gasteiger partial charge < -0.3 is 28.9 Å². The molecule has 0 fully saturated rings. The van der Waals surface area contributed by atoms with Crippen LogP contribution in [-0.2, 0) is 33.0 Å². The first kappa shape index (κ1) is 35.9. The van der Waals surface area contributed by atoms with Crippen molar-refractivity contribution in [1.82, 2.24) is 19.4 Å². The van der Waals surface area contributed by atoms with Gasteiger partial charge in [-0.2, -0.15) is 8.42 Å². The second kappa shape index (κ2) is 16.2. The molecule has 0 radical (unpaired) electrons. The smallest absolute Gasteiger partial charge is 0.280 e. The zero-order chi connectivity index (χ0) is 34.1. The monoisotopic (exact) mass is 669 g/mol. The van der Waals surface area contributed by atoms with Crippen molar-refractivity contribution in [3.63, 3.8) is 0 Å². The second-order valence-corrected chi connectivity index (χ2v) is 14.1. The molecule has 4 rings (SSSR count). The number of anilines is 1. The number of aliphatic hydroxyl groups excluding tert-OH is 1. The Morgan fingerprint density at radius 3 is 2.60 bits per heavy atom. The molecule has 4 atom stereocenters. The second-order valence-electron chi connectivity index (χ2n) is 12.4. The summed E-state index contributed by atoms with van der Waals surface area (Å²) >= 11 is 0. The highest BCUT2D eigenvalue weighted by Crippen LogP contribution is 2.29. The zero-order valence-electron chi connectivity index (χ0n) is 27.8. The van der Waals surface area contributed by atoms with Crippen LogP contribution >= 0.6 is 0 Å². The number of likely N-dealkylation sites (N-methyl/N-ethyl adjacent to an activating group) is 1. The van der Waals surface area contributed by atoms with Gasteiger partial charge in [0.1, 0.15) is 5.75 Å². The van der Waals surface area contributed by atoms with Crippen molar-refractivity contribution in [3.8, 4) is 5.75 Å². The van der Waals surface area contributed by atoms with E-state index in [9.17, 15) is 23.1 Å². The van der Waals surface area contributed by atoms with Crippen molar-refractivity contribution in [2.24, 2.45) is 13.0 Å². The molecule has 0 unspecified atom stereocenters. The number of carbonyl (C=O) groups excluding carboxylic acids is 2. The standard InChI is InChI=1S/C34H47N5O7S/c1-24-19-39(25(2)22-40)34(42)29-18-28(36-47(43,44)32-21-37(4)23-35-32)14-15-30(29)46-26(3)11-9-10-16-45-31(24)20-38(5)33(41)17-27-12-7-6-8-13-27/h6-8,12-15,18,21,23-26,31,36,40H,9-11,16-17,19-20,22H2,1-5H3/t24-,25-,26-,31+/m0/s1. The van der Waals surface area contributed by atoms with Crippen LogP contribution in [0.3, 0.4) is 0 Å². The van der Waals surface area contributed by atoms with Crippen molar-refractivity contribution in [3.05, 3.63) is 72.2 Å². The van der Waals surface area contributed by atoms with Gasteiger partial charge in [-0.25, -0.2) is 4.98 Å². The predicted molar refractivity (Wildman–Crippen MR) is 179 cm³/mol. The van der Waals surface area contributed by atoms with E-state index >= 15 is 0 Å². The fraction of sp³-hybridized carbons (Fsp3) is 0.500. The lowest BCUT2D eigenvalue weighted by Gasteiger charge is -2.36. The molecule has 1 aliphatic rings. The molecule has 3 aromatic rings. The quantitative estimate of drug-likeness (QED) is 0.351. The molecule has 2 N–H and O–H groups in total. The molecule has 2 amide bonds. The molecule has 0 spiro atoms. The SMILES string of the molecule is C[C@H]1CCCCO[C@H](CN(C)C(=O)Cc2ccccc2)[C@@H](C)CN([C@@H](C)CO)C(=O)c2cc(NS(=O)(=O)c3cn(C)cn3)ccc2O1. The molecule has 1 aliphatic heterocycles. The molecule has 0 saturated carbocycles. The number of aromatic nitrogens is 2. The van der Waals surface area contributed by atoms with Gasteiger partial charge in [0, 0.05) is 51.6 Å². The van der Waals surface area contributed by atoms with Gasteiger partial charge in [0.05, 0.1) is 43.2 Å². The molecule has 2 aromatic carbocycles. The minimum atomic E-state index is -4.02. The van der Waals surface area contributed by atoms with Crippen LogP contribution in [0.5, 0.6) is 5.75 Å². The van der Waals surface area contributed by atoms with Crippen molar-refractivity contribution >= 4 is 27.5 Å². The molecular weight excluding hydrogens is 622 g/mol. The summed E-state index contributed by atoms with van der Waals surface area (Å²) in [5.41, 5.74) is 1.26. The molecule has 2 heterocycles. The van der Waals surface area contributed by atoms with Gasteiger partial charge in [0.15, 0.2) is 5.03 Å². The number of sulfonamides is 1. The van der Waals surface area contributed by atoms with Gasteiger partial charge >= 0.3 is 0 Å². The number of aliphatic hydroxyl groups is 1. The third-order valence-electron chi connectivity index (χ3n) is 8.34. The van der Waals surface area contributed by atoms with Crippen molar-refractivity contribution < 1.29 is 32.6 Å². The fourth-order valence-electron chi connectivity index (χ4n) is 5.46. The summed E-state index contributed by atoms with van der Waals surface area (Å²) in [7, 11) is -0.593. The van der Waals surface area contributed by atoms with E-state index in [4.69, 9.17) is 9.47 Å². The van der Waals surface area contributed by atoms with E-state index in [-0.39, 0.29) is 59.9 Å². The summed E-state index contributed by atoms with van der Waals surface area (Å²) in [5.74, 6) is -0.369. The van der Waals surface area contributed by atoms with E-state index in [1.807, 2.05) is 44.2 Å². The highest BCUT2D eigenvalue weighted by atomic mass is 32.2. The summed E-state index contributed by atoms with van der Waals surface area (Å²) in [6.07, 6.45) is 4.74. The first-order chi connectivity index (χ1) is 22.4. The summed E-state index contributed by atoms with van der Waals surface area (Å²) in [6, 6.07) is 13.6. The highest BCUT2D eigenvalue weighted by molar-refractivity contribution is 7.92. The Morgan fingerprint density at radius 1 is 1.17 bits per heavy atom. The number of carbonyl (C=O) groups is 2. The number of aryl methyl sites for hydroxylation is 1. The molecule has 256 valence electrons. The third-order valence-corrected chi connectivity index (χ3v) is 9.60. The molecule has 1 aromatic heterocycles. The number of benzene rings is 2. The normalized spacial score (nSPS) is 20.4. The van der Waals surface area contributed by atoms with Crippen LogP contribution in [-0.4, -0.2) is 96.3 Å². The largest absolute Gasteiger partial charge is 0.490 e. The van der Waals surface area contributed by atoms with E-state index in [0.717, 1.165) is 18.4 Å². The van der Waals surface area contributed by atoms with E-state index < -0.39 is 22.0 Å². The number of nitrogens with one attached hydrogen (secondary N) is 1. The van der Waals surface area contributed by atoms with Gasteiger partial charge in [-0.1, -0.05) is 37.3 Å². The van der Waals surface area contributed by atoms with E-state index in [0.29, 0.717) is 25.3 Å². The summed E-state index contributed by atoms with van der Waals surface area (Å²) in [4.78, 5) is 34.6. The van der Waals surface area contributed by atoms with Crippen molar-refractivity contribution in [2.45, 2.75) is 69.7 Å². The molecule has 47 heavy (non-hydrogen) atoms. The highest BCUT2D eigenvalue weighted by Gasteiger charge is 2.31. The minimum Gasteiger partial charge on any atom is -0.490 e. The number of rotatable bonds is 9. The molecule has 0 saturated heterocycles. The number of ether oxygens (including phenoxy) is 2. The zero-order valence-corrected chi connectivity index (χ0v) is 28.7. The Bertz CT molecular complexity index is 1600. The topological polar surface area (TPSA) is 143 Å². The average molecular weight is 670 g/mol. The predicted octanol–water partition coefficient (Wildman–Crippen LogP) is 3.72. The number of hydrogen-bond acceptors (Lipinski definition) is 8. The number of imidazole rings is 1. The summed E-state index contributed by atoms with van der Waals surface area (Å²) in [5, 5.41) is 10.0. The third kappa shape index (κ3) is 9.78. The van der Waals surface area contributed by atoms with Crippen LogP contribution in [0.1, 0.15) is 56.0 Å². The number of hydrogen-bond donors (Lipinski definition) is 2. The van der Waals surface area contributed by atoms with Crippen LogP contribution < -0.4 is 9.46 Å². The molecule has 12 nitrogen and oxygen atoms in total. The van der Waals surface area contributed by atoms with Crippen LogP contribution in [0, 0.1) is 5.92 Å². The first-order valence-corrected chi connectivity index (χ1v) is 17.5. The lowest BCUT2D eigenvalue weighted by Crippen LogP contribution is -2.48. The minimum absolute atomic E-state index is 0.0383. The first-order valence-electron chi connectivity index (χ1n) is 16.0. The van der Waals surface area contributed by atoms with Crippen LogP contribution in [0.15, 0.2) is 66.1 Å². The van der Waals surface area contributed by atoms with Crippen LogP contribution in [0.25, 0.3) is 0 Å². The lowest BCUT2D eigenvalue weighted by molar-refractivity contribution is -0.131. The van der Waals surface area contributed by atoms with Gasteiger partial charge in [-0.05, 0) is 56.9 Å². The Labute approximate surface area is 277 Å². The van der Waals surface area contributed by atoms with E-state index in [2.05, 4.69) is 9.71 Å². The molecule has 0 bridgehead atoms. The molecule has 0 aliphatic carbocycles. The Morgan fingerprint density at radius 2 is 1.91 bits per heavy atom. The fourth-order valence-corrected chi connectivity index (χ4v) is 6.49. The Balaban J connectivity index is 1.62. The maximum absolute atomic E-state index is 14.3. The van der Waals surface area contributed by atoms with Gasteiger partial charge in [0.2, 0.25) is 5.91 Å². The number of amides is 2. The summed E-state index contributed by atoms with van der Waals surface area (Å²) in [6.45, 7) is 6.37. The van der Waals surface area contributed by atoms with Crippen LogP contribution in [0.4, 0.5) is 5.69 Å². The van der Waals surface area contributed by atoms with Crippen molar-refractivity contribution in [2.75, 3.05) is 38.1 Å². The number of fused-ring (bicyclic) bond motifs is 1. The summed E-state index contributed by atoms with van der Waals surface area (Å²) < 4.78 is 42.7. The Kier molecular flexibility index (Phi) is 12.4. The lowest BCUT2D eigenvalue weighted by atomic mass is 10.0. The molecular formula is C34H47N5O7S. The molecule has 13 heteroatoms. The van der Waals surface area contributed by atoms with E-state index in [1.54, 1.807) is 43.0 Å². The van der Waals surface area contributed by atoms with Gasteiger partial charge in [-0.3, -0.25) is 14.3 Å². The average Bonchev–Trinajstić information content (AvgIpc) is 3.50.